The van der Waals surface area contributed by atoms with Crippen LogP contribution in [-0.4, -0.2) is 80.2 Å². The topological polar surface area (TPSA) is 74.1 Å². The Hall–Kier alpha value is -3.88. The zero-order valence-electron chi connectivity index (χ0n) is 23.5. The first-order chi connectivity index (χ1) is 19.4. The molecule has 1 aromatic heterocycles. The number of oxazole rings is 1. The average Bonchev–Trinajstić information content (AvgIpc) is 3.41. The summed E-state index contributed by atoms with van der Waals surface area (Å²) >= 11 is 0. The third-order valence-electron chi connectivity index (χ3n) is 8.15. The minimum atomic E-state index is -0.620. The van der Waals surface area contributed by atoms with Crippen molar-refractivity contribution in [1.29, 1.82) is 0 Å². The van der Waals surface area contributed by atoms with Crippen LogP contribution in [-0.2, 0) is 14.9 Å². The molecule has 3 aromatic carbocycles. The summed E-state index contributed by atoms with van der Waals surface area (Å²) in [6, 6.07) is 23.1. The number of para-hydroxylation sites is 1. The van der Waals surface area contributed by atoms with Crippen molar-refractivity contribution in [2.75, 3.05) is 69.7 Å². The fourth-order valence-corrected chi connectivity index (χ4v) is 5.53. The van der Waals surface area contributed by atoms with Gasteiger partial charge in [0.1, 0.15) is 5.52 Å². The molecule has 8 nitrogen and oxygen atoms in total. The van der Waals surface area contributed by atoms with Crippen molar-refractivity contribution in [2.45, 2.75) is 19.3 Å². The Kier molecular flexibility index (Phi) is 7.21. The zero-order chi connectivity index (χ0) is 27.7. The SMILES string of the molecule is CN1CCN(c2ccc(Nc3nc4cccc(-c5ccc(C(C)(C)C(=O)N6CCOCC6)cc5)c4o3)cc2)CC1. The van der Waals surface area contributed by atoms with Crippen LogP contribution in [0.2, 0.25) is 0 Å². The number of carbonyl (C=O) groups is 1. The van der Waals surface area contributed by atoms with E-state index in [1.165, 1.54) is 5.69 Å². The molecule has 8 heteroatoms. The van der Waals surface area contributed by atoms with E-state index in [1.54, 1.807) is 0 Å². The normalized spacial score (nSPS) is 16.9. The molecule has 0 atom stereocenters. The minimum Gasteiger partial charge on any atom is -0.423 e. The van der Waals surface area contributed by atoms with Gasteiger partial charge in [0, 0.05) is 56.2 Å². The fourth-order valence-electron chi connectivity index (χ4n) is 5.53. The van der Waals surface area contributed by atoms with Gasteiger partial charge in [0.2, 0.25) is 5.91 Å². The Balaban J connectivity index is 1.19. The number of benzene rings is 3. The van der Waals surface area contributed by atoms with E-state index < -0.39 is 5.41 Å². The molecule has 2 aliphatic heterocycles. The van der Waals surface area contributed by atoms with Crippen LogP contribution < -0.4 is 10.2 Å². The molecule has 1 amide bonds. The highest BCUT2D eigenvalue weighted by molar-refractivity contribution is 5.92. The van der Waals surface area contributed by atoms with Crippen LogP contribution in [0.5, 0.6) is 0 Å². The predicted molar refractivity (Wildman–Crippen MR) is 159 cm³/mol. The highest BCUT2D eigenvalue weighted by Gasteiger charge is 2.34. The summed E-state index contributed by atoms with van der Waals surface area (Å²) in [4.78, 5) is 24.6. The summed E-state index contributed by atoms with van der Waals surface area (Å²) in [7, 11) is 2.17. The second-order valence-electron chi connectivity index (χ2n) is 11.2. The summed E-state index contributed by atoms with van der Waals surface area (Å²) < 4.78 is 11.6. The lowest BCUT2D eigenvalue weighted by Gasteiger charge is -2.34. The summed E-state index contributed by atoms with van der Waals surface area (Å²) in [5.74, 6) is 0.133. The lowest BCUT2D eigenvalue weighted by atomic mass is 9.82. The van der Waals surface area contributed by atoms with Gasteiger partial charge in [-0.25, -0.2) is 0 Å². The van der Waals surface area contributed by atoms with Gasteiger partial charge < -0.3 is 29.2 Å². The van der Waals surface area contributed by atoms with E-state index in [4.69, 9.17) is 14.1 Å². The van der Waals surface area contributed by atoms with Crippen LogP contribution >= 0.6 is 0 Å². The highest BCUT2D eigenvalue weighted by Crippen LogP contribution is 2.34. The summed E-state index contributed by atoms with van der Waals surface area (Å²) in [6.45, 7) is 10.7. The van der Waals surface area contributed by atoms with Gasteiger partial charge in [0.25, 0.3) is 6.01 Å². The number of anilines is 3. The molecule has 6 rings (SSSR count). The molecule has 1 N–H and O–H groups in total. The largest absolute Gasteiger partial charge is 0.423 e. The predicted octanol–water partition coefficient (Wildman–Crippen LogP) is 5.13. The monoisotopic (exact) mass is 539 g/mol. The van der Waals surface area contributed by atoms with Crippen molar-refractivity contribution in [1.82, 2.24) is 14.8 Å². The molecule has 3 heterocycles. The van der Waals surface area contributed by atoms with E-state index >= 15 is 0 Å². The highest BCUT2D eigenvalue weighted by atomic mass is 16.5. The second-order valence-corrected chi connectivity index (χ2v) is 11.2. The molecule has 4 aromatic rings. The van der Waals surface area contributed by atoms with Crippen LogP contribution in [0.15, 0.2) is 71.1 Å². The van der Waals surface area contributed by atoms with E-state index in [1.807, 2.05) is 49.1 Å². The number of likely N-dealkylation sites (N-methyl/N-ethyl adjacent to an activating group) is 1. The number of amides is 1. The Labute approximate surface area is 235 Å². The van der Waals surface area contributed by atoms with Gasteiger partial charge in [-0.3, -0.25) is 4.79 Å². The van der Waals surface area contributed by atoms with Crippen molar-refractivity contribution < 1.29 is 13.9 Å². The summed E-state index contributed by atoms with van der Waals surface area (Å²) in [5, 5.41) is 3.33. The average molecular weight is 540 g/mol. The molecule has 0 bridgehead atoms. The number of hydrogen-bond donors (Lipinski definition) is 1. The molecular formula is C32H37N5O3. The number of fused-ring (bicyclic) bond motifs is 1. The molecule has 0 radical (unpaired) electrons. The van der Waals surface area contributed by atoms with E-state index in [0.29, 0.717) is 32.3 Å². The number of ether oxygens (including phenoxy) is 1. The maximum Gasteiger partial charge on any atom is 0.300 e. The van der Waals surface area contributed by atoms with E-state index in [-0.39, 0.29) is 5.91 Å². The third-order valence-corrected chi connectivity index (χ3v) is 8.15. The molecule has 40 heavy (non-hydrogen) atoms. The first-order valence-electron chi connectivity index (χ1n) is 14.1. The quantitative estimate of drug-likeness (QED) is 0.364. The first kappa shape index (κ1) is 26.3. The van der Waals surface area contributed by atoms with Crippen LogP contribution in [0.3, 0.4) is 0 Å². The van der Waals surface area contributed by atoms with Crippen LogP contribution in [0, 0.1) is 0 Å². The smallest absolute Gasteiger partial charge is 0.300 e. The number of carbonyl (C=O) groups excluding carboxylic acids is 1. The Morgan fingerprint density at radius 1 is 0.875 bits per heavy atom. The zero-order valence-corrected chi connectivity index (χ0v) is 23.5. The molecular weight excluding hydrogens is 502 g/mol. The Morgan fingerprint density at radius 2 is 1.57 bits per heavy atom. The van der Waals surface area contributed by atoms with E-state index in [2.05, 4.69) is 58.6 Å². The number of aromatic nitrogens is 1. The van der Waals surface area contributed by atoms with Gasteiger partial charge in [0.05, 0.1) is 18.6 Å². The summed E-state index contributed by atoms with van der Waals surface area (Å²) in [6.07, 6.45) is 0. The van der Waals surface area contributed by atoms with Crippen molar-refractivity contribution in [3.05, 3.63) is 72.3 Å². The maximum atomic E-state index is 13.2. The lowest BCUT2D eigenvalue weighted by molar-refractivity contribution is -0.140. The van der Waals surface area contributed by atoms with Gasteiger partial charge in [-0.15, -0.1) is 0 Å². The standard InChI is InChI=1S/C32H37N5O3/c1-32(2,30(38)37-19-21-39-22-20-37)24-9-7-23(8-10-24)27-5-4-6-28-29(27)40-31(34-28)33-25-11-13-26(14-12-25)36-17-15-35(3)16-18-36/h4-14H,15-22H2,1-3H3,(H,33,34). The van der Waals surface area contributed by atoms with Crippen LogP contribution in [0.25, 0.3) is 22.2 Å². The van der Waals surface area contributed by atoms with E-state index in [0.717, 1.165) is 59.7 Å². The molecule has 0 spiro atoms. The Bertz CT molecular complexity index is 1460. The van der Waals surface area contributed by atoms with Crippen molar-refractivity contribution >= 4 is 34.4 Å². The molecule has 2 fully saturated rings. The lowest BCUT2D eigenvalue weighted by Crippen LogP contribution is -2.48. The number of rotatable bonds is 6. The Morgan fingerprint density at radius 3 is 2.27 bits per heavy atom. The van der Waals surface area contributed by atoms with Gasteiger partial charge >= 0.3 is 0 Å². The van der Waals surface area contributed by atoms with Gasteiger partial charge in [-0.1, -0.05) is 36.4 Å². The van der Waals surface area contributed by atoms with E-state index in [9.17, 15) is 4.79 Å². The number of morpholine rings is 1. The van der Waals surface area contributed by atoms with Gasteiger partial charge in [-0.05, 0) is 62.4 Å². The van der Waals surface area contributed by atoms with Crippen LogP contribution in [0.4, 0.5) is 17.4 Å². The number of nitrogens with one attached hydrogen (secondary N) is 1. The molecule has 0 unspecified atom stereocenters. The molecule has 2 saturated heterocycles. The van der Waals surface area contributed by atoms with Gasteiger partial charge in [-0.2, -0.15) is 4.98 Å². The number of hydrogen-bond acceptors (Lipinski definition) is 7. The minimum absolute atomic E-state index is 0.133. The molecule has 2 aliphatic rings. The third kappa shape index (κ3) is 5.29. The first-order valence-corrected chi connectivity index (χ1v) is 14.1. The maximum absolute atomic E-state index is 13.2. The van der Waals surface area contributed by atoms with Crippen molar-refractivity contribution in [2.24, 2.45) is 0 Å². The summed E-state index contributed by atoms with van der Waals surface area (Å²) in [5.41, 5.74) is 6.04. The van der Waals surface area contributed by atoms with Crippen LogP contribution in [0.1, 0.15) is 19.4 Å². The van der Waals surface area contributed by atoms with Crippen molar-refractivity contribution in [3.63, 3.8) is 0 Å². The second kappa shape index (κ2) is 10.9. The van der Waals surface area contributed by atoms with Gasteiger partial charge in [0.15, 0.2) is 5.58 Å². The fraction of sp³-hybridized carbons (Fsp3) is 0.375. The molecule has 208 valence electrons. The van der Waals surface area contributed by atoms with Crippen molar-refractivity contribution in [3.8, 4) is 11.1 Å². The molecule has 0 saturated carbocycles. The number of nitrogens with zero attached hydrogens (tertiary/aromatic N) is 4. The molecule has 0 aliphatic carbocycles. The number of piperazine rings is 1.